The summed E-state index contributed by atoms with van der Waals surface area (Å²) in [4.78, 5) is 2.45. The van der Waals surface area contributed by atoms with Crippen molar-refractivity contribution in [3.8, 4) is 5.75 Å². The summed E-state index contributed by atoms with van der Waals surface area (Å²) >= 11 is 6.94. The van der Waals surface area contributed by atoms with Crippen molar-refractivity contribution >= 4 is 31.9 Å². The molecule has 0 aliphatic heterocycles. The molecule has 0 unspecified atom stereocenters. The van der Waals surface area contributed by atoms with Gasteiger partial charge in [0.05, 0.1) is 4.47 Å². The third kappa shape index (κ3) is 5.72. The normalized spacial score (nSPS) is 10.9. The first-order chi connectivity index (χ1) is 8.67. The summed E-state index contributed by atoms with van der Waals surface area (Å²) in [6.45, 7) is 8.46. The highest BCUT2D eigenvalue weighted by Gasteiger charge is 2.05. The average Bonchev–Trinajstić information content (AvgIpc) is 2.32. The van der Waals surface area contributed by atoms with Gasteiger partial charge in [-0.3, -0.25) is 4.90 Å². The van der Waals surface area contributed by atoms with Crippen molar-refractivity contribution in [2.75, 3.05) is 26.2 Å². The Morgan fingerprint density at radius 3 is 2.28 bits per heavy atom. The fraction of sp³-hybridized carbons (Fsp3) is 0.571. The molecule has 0 bridgehead atoms. The summed E-state index contributed by atoms with van der Waals surface area (Å²) < 4.78 is 7.86. The molecule has 0 saturated carbocycles. The summed E-state index contributed by atoms with van der Waals surface area (Å²) in [5.41, 5.74) is 0. The first-order valence-electron chi connectivity index (χ1n) is 6.47. The number of halogens is 2. The van der Waals surface area contributed by atoms with Crippen LogP contribution in [0.1, 0.15) is 26.7 Å². The van der Waals surface area contributed by atoms with Gasteiger partial charge in [0.2, 0.25) is 0 Å². The minimum atomic E-state index is 0.736. The van der Waals surface area contributed by atoms with Gasteiger partial charge in [0.15, 0.2) is 0 Å². The van der Waals surface area contributed by atoms with Gasteiger partial charge in [-0.25, -0.2) is 0 Å². The third-order valence-corrected chi connectivity index (χ3v) is 3.75. The van der Waals surface area contributed by atoms with E-state index in [4.69, 9.17) is 4.74 Å². The van der Waals surface area contributed by atoms with E-state index in [1.807, 2.05) is 18.2 Å². The molecule has 0 aliphatic carbocycles. The van der Waals surface area contributed by atoms with Crippen LogP contribution in [0.3, 0.4) is 0 Å². The minimum Gasteiger partial charge on any atom is -0.491 e. The topological polar surface area (TPSA) is 12.5 Å². The minimum absolute atomic E-state index is 0.736. The SMILES string of the molecule is CCCN(CCC)CCOc1ccc(Br)cc1Br. The van der Waals surface area contributed by atoms with E-state index in [9.17, 15) is 0 Å². The van der Waals surface area contributed by atoms with E-state index >= 15 is 0 Å². The van der Waals surface area contributed by atoms with Crippen LogP contribution in [-0.4, -0.2) is 31.1 Å². The van der Waals surface area contributed by atoms with Gasteiger partial charge in [0, 0.05) is 11.0 Å². The van der Waals surface area contributed by atoms with E-state index in [-0.39, 0.29) is 0 Å². The Morgan fingerprint density at radius 1 is 1.06 bits per heavy atom. The maximum absolute atomic E-state index is 5.81. The fourth-order valence-electron chi connectivity index (χ4n) is 1.84. The van der Waals surface area contributed by atoms with Crippen molar-refractivity contribution in [1.29, 1.82) is 0 Å². The molecule has 0 atom stereocenters. The van der Waals surface area contributed by atoms with Crippen molar-refractivity contribution in [3.63, 3.8) is 0 Å². The molecule has 4 heteroatoms. The molecule has 0 radical (unpaired) electrons. The Morgan fingerprint density at radius 2 is 1.72 bits per heavy atom. The molecule has 0 N–H and O–H groups in total. The first kappa shape index (κ1) is 16.0. The highest BCUT2D eigenvalue weighted by Crippen LogP contribution is 2.28. The van der Waals surface area contributed by atoms with E-state index in [0.29, 0.717) is 0 Å². The standard InChI is InChI=1S/C14H21Br2NO/c1-3-7-17(8-4-2)9-10-18-14-6-5-12(15)11-13(14)16/h5-6,11H,3-4,7-10H2,1-2H3. The Bertz CT molecular complexity index is 352. The fourth-order valence-corrected chi connectivity index (χ4v) is 3.01. The summed E-state index contributed by atoms with van der Waals surface area (Å²) in [5, 5.41) is 0. The molecule has 0 heterocycles. The van der Waals surface area contributed by atoms with Gasteiger partial charge in [-0.15, -0.1) is 0 Å². The molecule has 18 heavy (non-hydrogen) atoms. The van der Waals surface area contributed by atoms with Crippen LogP contribution in [0.25, 0.3) is 0 Å². The molecule has 0 aromatic heterocycles. The second kappa shape index (κ2) is 8.94. The van der Waals surface area contributed by atoms with Gasteiger partial charge >= 0.3 is 0 Å². The Hall–Kier alpha value is -0.0600. The number of nitrogens with zero attached hydrogens (tertiary/aromatic N) is 1. The zero-order valence-corrected chi connectivity index (χ0v) is 14.3. The molecule has 1 aromatic rings. The molecule has 0 fully saturated rings. The van der Waals surface area contributed by atoms with Crippen molar-refractivity contribution in [2.45, 2.75) is 26.7 Å². The molecule has 1 aromatic carbocycles. The molecular weight excluding hydrogens is 358 g/mol. The lowest BCUT2D eigenvalue weighted by Crippen LogP contribution is -2.30. The van der Waals surface area contributed by atoms with Crippen molar-refractivity contribution < 1.29 is 4.74 Å². The summed E-state index contributed by atoms with van der Waals surface area (Å²) in [6, 6.07) is 5.99. The van der Waals surface area contributed by atoms with Gasteiger partial charge < -0.3 is 4.74 Å². The number of rotatable bonds is 8. The van der Waals surface area contributed by atoms with E-state index in [1.54, 1.807) is 0 Å². The zero-order valence-electron chi connectivity index (χ0n) is 11.1. The average molecular weight is 379 g/mol. The van der Waals surface area contributed by atoms with Crippen LogP contribution < -0.4 is 4.74 Å². The van der Waals surface area contributed by atoms with Gasteiger partial charge in [-0.05, 0) is 60.1 Å². The Labute approximate surface area is 127 Å². The van der Waals surface area contributed by atoms with Gasteiger partial charge in [-0.2, -0.15) is 0 Å². The van der Waals surface area contributed by atoms with Crippen LogP contribution in [0.2, 0.25) is 0 Å². The predicted octanol–water partition coefficient (Wildman–Crippen LogP) is 4.71. The van der Waals surface area contributed by atoms with E-state index in [2.05, 4.69) is 50.6 Å². The molecule has 0 amide bonds. The van der Waals surface area contributed by atoms with Gasteiger partial charge in [0.25, 0.3) is 0 Å². The maximum atomic E-state index is 5.81. The van der Waals surface area contributed by atoms with Gasteiger partial charge in [-0.1, -0.05) is 29.8 Å². The molecule has 2 nitrogen and oxygen atoms in total. The molecule has 0 aliphatic rings. The van der Waals surface area contributed by atoms with Crippen LogP contribution in [0.4, 0.5) is 0 Å². The van der Waals surface area contributed by atoms with Crippen LogP contribution in [0.5, 0.6) is 5.75 Å². The van der Waals surface area contributed by atoms with E-state index in [0.717, 1.165) is 40.9 Å². The van der Waals surface area contributed by atoms with Crippen LogP contribution in [-0.2, 0) is 0 Å². The second-order valence-electron chi connectivity index (χ2n) is 4.26. The third-order valence-electron chi connectivity index (χ3n) is 2.64. The lowest BCUT2D eigenvalue weighted by Gasteiger charge is -2.21. The van der Waals surface area contributed by atoms with Crippen LogP contribution in [0, 0.1) is 0 Å². The van der Waals surface area contributed by atoms with Crippen LogP contribution in [0.15, 0.2) is 27.1 Å². The summed E-state index contributed by atoms with van der Waals surface area (Å²) in [6.07, 6.45) is 2.39. The van der Waals surface area contributed by atoms with E-state index < -0.39 is 0 Å². The lowest BCUT2D eigenvalue weighted by atomic mass is 10.3. The van der Waals surface area contributed by atoms with Crippen molar-refractivity contribution in [1.82, 2.24) is 4.90 Å². The molecular formula is C14H21Br2NO. The maximum Gasteiger partial charge on any atom is 0.133 e. The predicted molar refractivity (Wildman–Crippen MR) is 84.4 cm³/mol. The summed E-state index contributed by atoms with van der Waals surface area (Å²) in [5.74, 6) is 0.908. The van der Waals surface area contributed by atoms with Crippen LogP contribution >= 0.6 is 31.9 Å². The Balaban J connectivity index is 2.39. The quantitative estimate of drug-likeness (QED) is 0.649. The monoisotopic (exact) mass is 377 g/mol. The highest BCUT2D eigenvalue weighted by atomic mass is 79.9. The Kier molecular flexibility index (Phi) is 7.95. The molecule has 1 rings (SSSR count). The highest BCUT2D eigenvalue weighted by molar-refractivity contribution is 9.11. The molecule has 0 saturated heterocycles. The first-order valence-corrected chi connectivity index (χ1v) is 8.06. The van der Waals surface area contributed by atoms with Gasteiger partial charge in [0.1, 0.15) is 12.4 Å². The number of hydrogen-bond acceptors (Lipinski definition) is 2. The molecule has 102 valence electrons. The second-order valence-corrected chi connectivity index (χ2v) is 6.03. The number of benzene rings is 1. The van der Waals surface area contributed by atoms with Crippen molar-refractivity contribution in [3.05, 3.63) is 27.1 Å². The number of ether oxygens (including phenoxy) is 1. The van der Waals surface area contributed by atoms with E-state index in [1.165, 1.54) is 12.8 Å². The van der Waals surface area contributed by atoms with Crippen molar-refractivity contribution in [2.24, 2.45) is 0 Å². The molecule has 0 spiro atoms. The largest absolute Gasteiger partial charge is 0.491 e. The number of hydrogen-bond donors (Lipinski definition) is 0. The summed E-state index contributed by atoms with van der Waals surface area (Å²) in [7, 11) is 0. The smallest absolute Gasteiger partial charge is 0.133 e. The lowest BCUT2D eigenvalue weighted by molar-refractivity contribution is 0.208. The zero-order chi connectivity index (χ0) is 13.4.